The van der Waals surface area contributed by atoms with Crippen LogP contribution in [0, 0.1) is 20.8 Å². The number of carbonyl (C=O) groups excluding carboxylic acids is 1. The van der Waals surface area contributed by atoms with E-state index in [9.17, 15) is 4.79 Å². The lowest BCUT2D eigenvalue weighted by Crippen LogP contribution is -2.38. The molecule has 0 unspecified atom stereocenters. The Morgan fingerprint density at radius 3 is 2.39 bits per heavy atom. The highest BCUT2D eigenvalue weighted by atomic mass is 79.9. The number of hydrogen-bond donors (Lipinski definition) is 1. The number of amides is 1. The van der Waals surface area contributed by atoms with Crippen LogP contribution in [0.25, 0.3) is 0 Å². The van der Waals surface area contributed by atoms with Crippen LogP contribution in [0.3, 0.4) is 0 Å². The molecule has 1 aromatic carbocycles. The van der Waals surface area contributed by atoms with Crippen molar-refractivity contribution in [2.24, 2.45) is 0 Å². The largest absolute Gasteiger partial charge is 0.483 e. The minimum absolute atomic E-state index is 0.00630. The van der Waals surface area contributed by atoms with Crippen LogP contribution in [0.2, 0.25) is 0 Å². The lowest BCUT2D eigenvalue weighted by Gasteiger charge is -2.21. The first-order valence-electron chi connectivity index (χ1n) is 8.67. The zero-order valence-corrected chi connectivity index (χ0v) is 16.1. The van der Waals surface area contributed by atoms with E-state index in [1.165, 1.54) is 37.7 Å². The van der Waals surface area contributed by atoms with Gasteiger partial charge in [0.15, 0.2) is 6.61 Å². The highest BCUT2D eigenvalue weighted by molar-refractivity contribution is 9.10. The zero-order valence-electron chi connectivity index (χ0n) is 14.5. The number of ether oxygens (including phenoxy) is 1. The summed E-state index contributed by atoms with van der Waals surface area (Å²) in [5.41, 5.74) is 3.38. The fraction of sp³-hybridized carbons (Fsp3) is 0.632. The molecule has 4 heteroatoms. The van der Waals surface area contributed by atoms with Gasteiger partial charge in [-0.05, 0) is 56.4 Å². The van der Waals surface area contributed by atoms with Crippen molar-refractivity contribution in [3.05, 3.63) is 27.2 Å². The lowest BCUT2D eigenvalue weighted by atomic mass is 9.97. The monoisotopic (exact) mass is 381 g/mol. The molecule has 0 heterocycles. The van der Waals surface area contributed by atoms with E-state index in [0.717, 1.165) is 34.2 Å². The predicted molar refractivity (Wildman–Crippen MR) is 98.1 cm³/mol. The maximum atomic E-state index is 12.2. The van der Waals surface area contributed by atoms with Crippen LogP contribution in [-0.2, 0) is 4.79 Å². The fourth-order valence-corrected chi connectivity index (χ4v) is 3.59. The number of hydrogen-bond acceptors (Lipinski definition) is 2. The van der Waals surface area contributed by atoms with Crippen molar-refractivity contribution >= 4 is 21.8 Å². The molecule has 2 rings (SSSR count). The molecule has 1 aliphatic rings. The molecule has 0 bridgehead atoms. The molecular formula is C19H28BrNO2. The van der Waals surface area contributed by atoms with E-state index >= 15 is 0 Å². The van der Waals surface area contributed by atoms with Crippen LogP contribution in [0.15, 0.2) is 10.5 Å². The molecular weight excluding hydrogens is 354 g/mol. The van der Waals surface area contributed by atoms with E-state index in [0.29, 0.717) is 6.04 Å². The number of carbonyl (C=O) groups is 1. The number of aryl methyl sites for hydroxylation is 1. The van der Waals surface area contributed by atoms with Crippen molar-refractivity contribution in [2.75, 3.05) is 6.61 Å². The molecule has 1 N–H and O–H groups in total. The third-order valence-electron chi connectivity index (χ3n) is 4.78. The number of nitrogens with one attached hydrogen (secondary N) is 1. The molecule has 0 atom stereocenters. The number of halogens is 1. The van der Waals surface area contributed by atoms with Crippen molar-refractivity contribution in [3.63, 3.8) is 0 Å². The summed E-state index contributed by atoms with van der Waals surface area (Å²) in [5.74, 6) is 0.796. The van der Waals surface area contributed by atoms with Crippen molar-refractivity contribution in [1.82, 2.24) is 5.32 Å². The first-order chi connectivity index (χ1) is 11.0. The Bertz CT molecular complexity index is 549. The van der Waals surface area contributed by atoms with Gasteiger partial charge in [0, 0.05) is 10.5 Å². The van der Waals surface area contributed by atoms with Crippen LogP contribution in [0.5, 0.6) is 5.75 Å². The molecule has 0 aliphatic heterocycles. The Balaban J connectivity index is 1.89. The van der Waals surface area contributed by atoms with E-state index in [1.54, 1.807) is 0 Å². The van der Waals surface area contributed by atoms with Crippen molar-refractivity contribution in [1.29, 1.82) is 0 Å². The minimum Gasteiger partial charge on any atom is -0.483 e. The molecule has 0 radical (unpaired) electrons. The summed E-state index contributed by atoms with van der Waals surface area (Å²) in [7, 11) is 0. The average molecular weight is 382 g/mol. The van der Waals surface area contributed by atoms with Crippen LogP contribution >= 0.6 is 15.9 Å². The van der Waals surface area contributed by atoms with Gasteiger partial charge in [-0.15, -0.1) is 0 Å². The molecule has 128 valence electrons. The average Bonchev–Trinajstić information content (AvgIpc) is 2.50. The smallest absolute Gasteiger partial charge is 0.258 e. The molecule has 23 heavy (non-hydrogen) atoms. The summed E-state index contributed by atoms with van der Waals surface area (Å²) in [6.45, 7) is 6.23. The van der Waals surface area contributed by atoms with Gasteiger partial charge in [-0.25, -0.2) is 0 Å². The Morgan fingerprint density at radius 1 is 1.13 bits per heavy atom. The summed E-state index contributed by atoms with van der Waals surface area (Å²) in [6.07, 6.45) is 8.55. The van der Waals surface area contributed by atoms with Gasteiger partial charge in [0.05, 0.1) is 0 Å². The van der Waals surface area contributed by atoms with Gasteiger partial charge in [0.2, 0.25) is 0 Å². The van der Waals surface area contributed by atoms with Crippen LogP contribution in [0.4, 0.5) is 0 Å². The highest BCUT2D eigenvalue weighted by Gasteiger charge is 2.15. The highest BCUT2D eigenvalue weighted by Crippen LogP contribution is 2.31. The maximum Gasteiger partial charge on any atom is 0.258 e. The van der Waals surface area contributed by atoms with Gasteiger partial charge < -0.3 is 10.1 Å². The summed E-state index contributed by atoms with van der Waals surface area (Å²) in [4.78, 5) is 12.2. The van der Waals surface area contributed by atoms with Gasteiger partial charge in [-0.3, -0.25) is 4.79 Å². The van der Waals surface area contributed by atoms with E-state index in [2.05, 4.69) is 28.2 Å². The first-order valence-corrected chi connectivity index (χ1v) is 9.46. The van der Waals surface area contributed by atoms with Gasteiger partial charge >= 0.3 is 0 Å². The summed E-state index contributed by atoms with van der Waals surface area (Å²) in [6, 6.07) is 2.32. The normalized spacial score (nSPS) is 16.5. The quantitative estimate of drug-likeness (QED) is 0.798. The van der Waals surface area contributed by atoms with Crippen molar-refractivity contribution < 1.29 is 9.53 Å². The summed E-state index contributed by atoms with van der Waals surface area (Å²) in [5, 5.41) is 3.14. The van der Waals surface area contributed by atoms with Crippen LogP contribution in [-0.4, -0.2) is 18.6 Å². The van der Waals surface area contributed by atoms with Crippen molar-refractivity contribution in [2.45, 2.75) is 71.8 Å². The molecule has 0 aromatic heterocycles. The molecule has 1 amide bonds. The fourth-order valence-electron chi connectivity index (χ4n) is 3.18. The first kappa shape index (κ1) is 18.3. The van der Waals surface area contributed by atoms with Crippen LogP contribution < -0.4 is 10.1 Å². The van der Waals surface area contributed by atoms with Gasteiger partial charge in [0.1, 0.15) is 5.75 Å². The third-order valence-corrected chi connectivity index (χ3v) is 6.00. The van der Waals surface area contributed by atoms with Gasteiger partial charge in [-0.2, -0.15) is 0 Å². The maximum absolute atomic E-state index is 12.2. The van der Waals surface area contributed by atoms with Crippen molar-refractivity contribution in [3.8, 4) is 5.75 Å². The lowest BCUT2D eigenvalue weighted by molar-refractivity contribution is -0.123. The Kier molecular flexibility index (Phi) is 6.94. The SMILES string of the molecule is Cc1cc(OCC(=O)NC2CCCCCCC2)c(C)c(C)c1Br. The second-order valence-corrected chi connectivity index (χ2v) is 7.45. The Morgan fingerprint density at radius 2 is 1.74 bits per heavy atom. The van der Waals surface area contributed by atoms with E-state index in [4.69, 9.17) is 4.74 Å². The Hall–Kier alpha value is -1.03. The topological polar surface area (TPSA) is 38.3 Å². The number of benzene rings is 1. The minimum atomic E-state index is -0.00630. The molecule has 0 spiro atoms. The molecule has 1 aliphatic carbocycles. The summed E-state index contributed by atoms with van der Waals surface area (Å²) < 4.78 is 6.89. The molecule has 1 aromatic rings. The molecule has 3 nitrogen and oxygen atoms in total. The van der Waals surface area contributed by atoms with E-state index < -0.39 is 0 Å². The summed E-state index contributed by atoms with van der Waals surface area (Å²) >= 11 is 3.59. The second-order valence-electron chi connectivity index (χ2n) is 6.65. The van der Waals surface area contributed by atoms with Crippen LogP contribution in [0.1, 0.15) is 61.6 Å². The zero-order chi connectivity index (χ0) is 16.8. The predicted octanol–water partition coefficient (Wildman–Crippen LogP) is 4.98. The van der Waals surface area contributed by atoms with E-state index in [1.807, 2.05) is 19.9 Å². The van der Waals surface area contributed by atoms with Gasteiger partial charge in [-0.1, -0.05) is 48.0 Å². The molecule has 1 fully saturated rings. The number of rotatable bonds is 4. The Labute approximate surface area is 148 Å². The molecule has 0 saturated heterocycles. The molecule has 1 saturated carbocycles. The standard InChI is InChI=1S/C19H28BrNO2/c1-13-11-17(14(2)15(3)19(13)20)23-12-18(22)21-16-9-7-5-4-6-8-10-16/h11,16H,4-10,12H2,1-3H3,(H,21,22). The third kappa shape index (κ3) is 5.23. The van der Waals surface area contributed by atoms with Gasteiger partial charge in [0.25, 0.3) is 5.91 Å². The van der Waals surface area contributed by atoms with E-state index in [-0.39, 0.29) is 12.5 Å². The second kappa shape index (κ2) is 8.72.